The molecule has 0 saturated carbocycles. The van der Waals surface area contributed by atoms with E-state index in [0.717, 1.165) is 38.6 Å². The van der Waals surface area contributed by atoms with Gasteiger partial charge in [-0.3, -0.25) is 0 Å². The third-order valence-corrected chi connectivity index (χ3v) is 8.94. The van der Waals surface area contributed by atoms with Gasteiger partial charge < -0.3 is 4.42 Å². The minimum Gasteiger partial charge on any atom is -0.455 e. The minimum absolute atomic E-state index is 0.883. The predicted octanol–water partition coefficient (Wildman–Crippen LogP) is 13.0. The topological polar surface area (TPSA) is 13.1 Å². The first-order valence-electron chi connectivity index (χ1n) is 15.8. The molecule has 1 heterocycles. The monoisotopic (exact) mass is 588 g/mol. The third-order valence-electron chi connectivity index (χ3n) is 8.94. The lowest BCUT2D eigenvalue weighted by atomic mass is 9.85. The Labute approximate surface area is 269 Å². The van der Waals surface area contributed by atoms with Gasteiger partial charge in [0.2, 0.25) is 0 Å². The van der Waals surface area contributed by atoms with Crippen molar-refractivity contribution < 1.29 is 4.42 Å². The van der Waals surface area contributed by atoms with Crippen LogP contribution in [0.5, 0.6) is 0 Å². The van der Waals surface area contributed by atoms with Crippen LogP contribution < -0.4 is 0 Å². The van der Waals surface area contributed by atoms with Crippen molar-refractivity contribution in [2.75, 3.05) is 0 Å². The quantitative estimate of drug-likeness (QED) is 0.139. The van der Waals surface area contributed by atoms with Gasteiger partial charge >= 0.3 is 0 Å². The van der Waals surface area contributed by atoms with E-state index < -0.39 is 0 Å². The summed E-state index contributed by atoms with van der Waals surface area (Å²) in [4.78, 5) is 0. The normalized spacial score (nSPS) is 12.2. The number of hydrogen-bond donors (Lipinski definition) is 0. The van der Waals surface area contributed by atoms with E-state index in [4.69, 9.17) is 4.42 Å². The fourth-order valence-corrected chi connectivity index (χ4v) is 7.02. The Hall–Kier alpha value is -5.92. The summed E-state index contributed by atoms with van der Waals surface area (Å²) >= 11 is 0. The zero-order valence-electron chi connectivity index (χ0n) is 25.7. The van der Waals surface area contributed by atoms with Crippen LogP contribution in [0.2, 0.25) is 0 Å². The summed E-state index contributed by atoms with van der Waals surface area (Å²) in [5.74, 6) is 0. The second kappa shape index (κ2) is 11.5. The molecule has 218 valence electrons. The van der Waals surface area contributed by atoms with E-state index in [2.05, 4.69) is 171 Å². The van der Waals surface area contributed by atoms with Gasteiger partial charge in [0, 0.05) is 16.3 Å². The van der Waals surface area contributed by atoms with Gasteiger partial charge in [-0.25, -0.2) is 0 Å². The van der Waals surface area contributed by atoms with E-state index in [1.165, 1.54) is 49.4 Å². The zero-order valence-corrected chi connectivity index (χ0v) is 25.7. The highest BCUT2D eigenvalue weighted by Gasteiger charge is 2.20. The van der Waals surface area contributed by atoms with Crippen LogP contribution in [-0.2, 0) is 0 Å². The van der Waals surface area contributed by atoms with Gasteiger partial charge in [-0.2, -0.15) is 0 Å². The van der Waals surface area contributed by atoms with Gasteiger partial charge in [-0.1, -0.05) is 152 Å². The van der Waals surface area contributed by atoms with E-state index in [-0.39, 0.29) is 0 Å². The maximum atomic E-state index is 6.75. The van der Waals surface area contributed by atoms with Crippen molar-refractivity contribution >= 4 is 49.1 Å². The zero-order chi connectivity index (χ0) is 31.0. The highest BCUT2D eigenvalue weighted by molar-refractivity contribution is 6.22. The van der Waals surface area contributed by atoms with Gasteiger partial charge in [0.15, 0.2) is 0 Å². The summed E-state index contributed by atoms with van der Waals surface area (Å²) in [5, 5.41) is 7.13. The molecule has 0 bridgehead atoms. The standard InChI is InChI=1S/C45H32O/c1-3-15-32(16-4-2)42-36-21-11-13-23-38(36)43(39-24-14-12-22-37(39)42)33-25-28-41-40(29-33)44-34(30-17-7-5-8-18-30)26-27-35(45(44)46-41)31-19-9-6-10-20-31/h3-29H,1H2,2H3/b16-4-,32-15+. The molecule has 0 aliphatic heterocycles. The molecule has 0 spiro atoms. The van der Waals surface area contributed by atoms with E-state index in [1.54, 1.807) is 0 Å². The Kier molecular flexibility index (Phi) is 6.93. The van der Waals surface area contributed by atoms with Crippen LogP contribution in [0.4, 0.5) is 0 Å². The summed E-state index contributed by atoms with van der Waals surface area (Å²) < 4.78 is 6.75. The number of furan rings is 1. The second-order valence-electron chi connectivity index (χ2n) is 11.6. The van der Waals surface area contributed by atoms with Crippen LogP contribution in [0.3, 0.4) is 0 Å². The maximum Gasteiger partial charge on any atom is 0.143 e. The van der Waals surface area contributed by atoms with Crippen LogP contribution >= 0.6 is 0 Å². The van der Waals surface area contributed by atoms with Gasteiger partial charge in [0.05, 0.1) is 0 Å². The number of allylic oxidation sites excluding steroid dienone is 5. The van der Waals surface area contributed by atoms with Crippen LogP contribution in [0.25, 0.3) is 82.4 Å². The lowest BCUT2D eigenvalue weighted by molar-refractivity contribution is 0.670. The van der Waals surface area contributed by atoms with Crippen molar-refractivity contribution in [2.24, 2.45) is 0 Å². The molecule has 0 aliphatic carbocycles. The van der Waals surface area contributed by atoms with Crippen molar-refractivity contribution in [3.05, 3.63) is 176 Å². The van der Waals surface area contributed by atoms with Gasteiger partial charge in [-0.05, 0) is 85.6 Å². The largest absolute Gasteiger partial charge is 0.455 e. The molecule has 0 N–H and O–H groups in total. The molecule has 7 aromatic carbocycles. The van der Waals surface area contributed by atoms with Crippen molar-refractivity contribution in [1.82, 2.24) is 0 Å². The maximum absolute atomic E-state index is 6.75. The molecule has 1 nitrogen and oxygen atoms in total. The molecule has 46 heavy (non-hydrogen) atoms. The summed E-state index contributed by atoms with van der Waals surface area (Å²) in [6.45, 7) is 6.08. The molecule has 0 atom stereocenters. The third kappa shape index (κ3) is 4.48. The van der Waals surface area contributed by atoms with Gasteiger partial charge in [0.25, 0.3) is 0 Å². The van der Waals surface area contributed by atoms with Crippen LogP contribution in [0.15, 0.2) is 175 Å². The number of rotatable bonds is 6. The second-order valence-corrected chi connectivity index (χ2v) is 11.6. The van der Waals surface area contributed by atoms with Gasteiger partial charge in [0.1, 0.15) is 11.2 Å². The average Bonchev–Trinajstić information content (AvgIpc) is 3.50. The molecule has 1 aromatic heterocycles. The average molecular weight is 589 g/mol. The first kappa shape index (κ1) is 27.6. The summed E-state index contributed by atoms with van der Waals surface area (Å²) in [5.41, 5.74) is 11.1. The van der Waals surface area contributed by atoms with E-state index in [1.807, 2.05) is 6.08 Å². The molecule has 0 unspecified atom stereocenters. The van der Waals surface area contributed by atoms with E-state index in [0.29, 0.717) is 0 Å². The molecule has 8 aromatic rings. The molecule has 0 fully saturated rings. The summed E-state index contributed by atoms with van der Waals surface area (Å²) in [6, 6.07) is 49.8. The van der Waals surface area contributed by atoms with E-state index >= 15 is 0 Å². The first-order valence-corrected chi connectivity index (χ1v) is 15.8. The first-order chi connectivity index (χ1) is 22.8. The molecule has 8 rings (SSSR count). The molecule has 0 amide bonds. The van der Waals surface area contributed by atoms with E-state index in [9.17, 15) is 0 Å². The molecule has 0 aliphatic rings. The van der Waals surface area contributed by atoms with Crippen LogP contribution in [0, 0.1) is 0 Å². The number of fused-ring (bicyclic) bond motifs is 5. The van der Waals surface area contributed by atoms with Crippen LogP contribution in [-0.4, -0.2) is 0 Å². The Morgan fingerprint density at radius 3 is 1.74 bits per heavy atom. The van der Waals surface area contributed by atoms with Crippen molar-refractivity contribution in [3.63, 3.8) is 0 Å². The highest BCUT2D eigenvalue weighted by atomic mass is 16.3. The lowest BCUT2D eigenvalue weighted by Crippen LogP contribution is -1.93. The lowest BCUT2D eigenvalue weighted by Gasteiger charge is -2.18. The smallest absolute Gasteiger partial charge is 0.143 e. The van der Waals surface area contributed by atoms with Gasteiger partial charge in [-0.15, -0.1) is 0 Å². The summed E-state index contributed by atoms with van der Waals surface area (Å²) in [6.07, 6.45) is 8.25. The molecule has 1 heteroatoms. The Balaban J connectivity index is 1.48. The number of hydrogen-bond acceptors (Lipinski definition) is 1. The fraction of sp³-hybridized carbons (Fsp3) is 0.0222. The molecule has 0 saturated heterocycles. The van der Waals surface area contributed by atoms with Crippen LogP contribution in [0.1, 0.15) is 12.5 Å². The fourth-order valence-electron chi connectivity index (χ4n) is 7.02. The SMILES string of the molecule is C=C/C=C(\C=C/C)c1c2ccccc2c(-c2ccc3oc4c(-c5ccccc5)ccc(-c5ccccc5)c4c3c2)c2ccccc12. The Morgan fingerprint density at radius 1 is 0.565 bits per heavy atom. The Bertz CT molecular complexity index is 2420. The molecule has 0 radical (unpaired) electrons. The molecular formula is C45H32O. The highest BCUT2D eigenvalue weighted by Crippen LogP contribution is 2.46. The molecular weight excluding hydrogens is 556 g/mol. The van der Waals surface area contributed by atoms with Crippen molar-refractivity contribution in [2.45, 2.75) is 6.92 Å². The van der Waals surface area contributed by atoms with Crippen molar-refractivity contribution in [1.29, 1.82) is 0 Å². The van der Waals surface area contributed by atoms with Crippen molar-refractivity contribution in [3.8, 4) is 33.4 Å². The number of benzene rings is 7. The minimum atomic E-state index is 0.883. The predicted molar refractivity (Wildman–Crippen MR) is 198 cm³/mol. The Morgan fingerprint density at radius 2 is 1.13 bits per heavy atom. The summed E-state index contributed by atoms with van der Waals surface area (Å²) in [7, 11) is 0.